The third-order valence-electron chi connectivity index (χ3n) is 4.96. The van der Waals surface area contributed by atoms with Gasteiger partial charge in [-0.15, -0.1) is 0 Å². The molecule has 0 aliphatic heterocycles. The summed E-state index contributed by atoms with van der Waals surface area (Å²) in [5.41, 5.74) is 2.68. The van der Waals surface area contributed by atoms with Crippen LogP contribution in [0.25, 0.3) is 0 Å². The summed E-state index contributed by atoms with van der Waals surface area (Å²) in [6, 6.07) is 19.4. The minimum atomic E-state index is -3.49. The maximum atomic E-state index is 12.6. The van der Waals surface area contributed by atoms with Crippen molar-refractivity contribution in [2.75, 3.05) is 24.8 Å². The molecule has 0 bridgehead atoms. The van der Waals surface area contributed by atoms with Gasteiger partial charge in [0.25, 0.3) is 5.91 Å². The van der Waals surface area contributed by atoms with Gasteiger partial charge in [0.15, 0.2) is 11.5 Å². The quantitative estimate of drug-likeness (QED) is 0.442. The fourth-order valence-corrected chi connectivity index (χ4v) is 4.36. The number of carbonyl (C=O) groups excluding carboxylic acids is 1. The fourth-order valence-electron chi connectivity index (χ4n) is 3.21. The number of benzene rings is 3. The van der Waals surface area contributed by atoms with Crippen LogP contribution in [0.4, 0.5) is 5.69 Å². The van der Waals surface area contributed by atoms with Gasteiger partial charge >= 0.3 is 0 Å². The molecule has 174 valence electrons. The first-order valence-corrected chi connectivity index (χ1v) is 12.7. The van der Waals surface area contributed by atoms with E-state index in [1.54, 1.807) is 68.8 Å². The lowest BCUT2D eigenvalue weighted by Gasteiger charge is -2.22. The van der Waals surface area contributed by atoms with Crippen LogP contribution in [-0.2, 0) is 23.1 Å². The van der Waals surface area contributed by atoms with Crippen LogP contribution in [-0.4, -0.2) is 34.8 Å². The number of sulfonamides is 1. The normalized spacial score (nSPS) is 11.0. The molecule has 0 atom stereocenters. The highest BCUT2D eigenvalue weighted by atomic mass is 79.9. The number of carbonyl (C=O) groups is 1. The largest absolute Gasteiger partial charge is 0.493 e. The van der Waals surface area contributed by atoms with Gasteiger partial charge in [-0.1, -0.05) is 34.1 Å². The third kappa shape index (κ3) is 6.49. The Balaban J connectivity index is 1.67. The average Bonchev–Trinajstić information content (AvgIpc) is 2.81. The van der Waals surface area contributed by atoms with Crippen molar-refractivity contribution < 1.29 is 22.7 Å². The molecule has 0 aliphatic rings. The van der Waals surface area contributed by atoms with Crippen LogP contribution in [0.5, 0.6) is 11.5 Å². The van der Waals surface area contributed by atoms with Crippen LogP contribution in [0.2, 0.25) is 0 Å². The van der Waals surface area contributed by atoms with E-state index in [9.17, 15) is 13.2 Å². The van der Waals surface area contributed by atoms with Gasteiger partial charge in [0, 0.05) is 16.6 Å². The number of anilines is 1. The van der Waals surface area contributed by atoms with Crippen LogP contribution in [0.15, 0.2) is 71.2 Å². The number of nitrogens with zero attached hydrogens (tertiary/aromatic N) is 1. The lowest BCUT2D eigenvalue weighted by atomic mass is 10.1. The maximum Gasteiger partial charge on any atom is 0.251 e. The molecule has 33 heavy (non-hydrogen) atoms. The molecule has 0 unspecified atom stereocenters. The summed E-state index contributed by atoms with van der Waals surface area (Å²) in [4.78, 5) is 12.6. The smallest absolute Gasteiger partial charge is 0.251 e. The van der Waals surface area contributed by atoms with E-state index in [0.717, 1.165) is 15.6 Å². The van der Waals surface area contributed by atoms with Crippen molar-refractivity contribution in [3.05, 3.63) is 87.9 Å². The molecular weight excluding hydrogens is 508 g/mol. The zero-order valence-electron chi connectivity index (χ0n) is 18.5. The average molecular weight is 533 g/mol. The van der Waals surface area contributed by atoms with Gasteiger partial charge in [0.1, 0.15) is 0 Å². The highest BCUT2D eigenvalue weighted by Crippen LogP contribution is 2.27. The van der Waals surface area contributed by atoms with Gasteiger partial charge < -0.3 is 14.8 Å². The Labute approximate surface area is 202 Å². The van der Waals surface area contributed by atoms with E-state index in [-0.39, 0.29) is 12.5 Å². The summed E-state index contributed by atoms with van der Waals surface area (Å²) < 4.78 is 37.4. The van der Waals surface area contributed by atoms with Crippen molar-refractivity contribution in [1.82, 2.24) is 5.32 Å². The Morgan fingerprint density at radius 3 is 2.09 bits per heavy atom. The zero-order valence-corrected chi connectivity index (χ0v) is 20.9. The number of halogens is 1. The number of nitrogens with one attached hydrogen (secondary N) is 1. The van der Waals surface area contributed by atoms with Gasteiger partial charge in [-0.05, 0) is 59.7 Å². The number of amides is 1. The Morgan fingerprint density at radius 2 is 1.52 bits per heavy atom. The molecule has 0 saturated heterocycles. The van der Waals surface area contributed by atoms with Gasteiger partial charge in [0.2, 0.25) is 10.0 Å². The summed E-state index contributed by atoms with van der Waals surface area (Å²) >= 11 is 3.36. The molecule has 7 nitrogen and oxygen atoms in total. The second-order valence-corrected chi connectivity index (χ2v) is 10.1. The van der Waals surface area contributed by atoms with E-state index < -0.39 is 10.0 Å². The molecule has 0 aromatic heterocycles. The number of hydrogen-bond acceptors (Lipinski definition) is 5. The van der Waals surface area contributed by atoms with E-state index in [2.05, 4.69) is 21.2 Å². The predicted molar refractivity (Wildman–Crippen MR) is 132 cm³/mol. The molecule has 3 aromatic carbocycles. The van der Waals surface area contributed by atoms with Crippen molar-refractivity contribution in [2.24, 2.45) is 0 Å². The molecule has 0 saturated carbocycles. The molecule has 0 fully saturated rings. The van der Waals surface area contributed by atoms with Crippen LogP contribution < -0.4 is 19.1 Å². The SMILES string of the molecule is COc1ccc(CNC(=O)c2ccc(CN(c3ccc(Br)cc3)S(C)(=O)=O)cc2)cc1OC. The van der Waals surface area contributed by atoms with Crippen LogP contribution >= 0.6 is 15.9 Å². The lowest BCUT2D eigenvalue weighted by molar-refractivity contribution is 0.0951. The topological polar surface area (TPSA) is 84.9 Å². The van der Waals surface area contributed by atoms with E-state index >= 15 is 0 Å². The highest BCUT2D eigenvalue weighted by molar-refractivity contribution is 9.10. The van der Waals surface area contributed by atoms with Gasteiger partial charge in [0.05, 0.1) is 32.7 Å². The summed E-state index contributed by atoms with van der Waals surface area (Å²) in [5.74, 6) is 0.980. The Morgan fingerprint density at radius 1 is 0.909 bits per heavy atom. The minimum Gasteiger partial charge on any atom is -0.493 e. The number of rotatable bonds is 9. The first kappa shape index (κ1) is 24.6. The number of methoxy groups -OCH3 is 2. The first-order chi connectivity index (χ1) is 15.7. The Hall–Kier alpha value is -3.04. The predicted octanol–water partition coefficient (Wildman–Crippen LogP) is 4.36. The molecule has 3 rings (SSSR count). The minimum absolute atomic E-state index is 0.161. The molecule has 0 radical (unpaired) electrons. The van der Waals surface area contributed by atoms with Crippen LogP contribution in [0, 0.1) is 0 Å². The summed E-state index contributed by atoms with van der Waals surface area (Å²) in [7, 11) is -0.361. The molecule has 1 N–H and O–H groups in total. The third-order valence-corrected chi connectivity index (χ3v) is 6.63. The lowest BCUT2D eigenvalue weighted by Crippen LogP contribution is -2.29. The maximum absolute atomic E-state index is 12.6. The van der Waals surface area contributed by atoms with E-state index in [4.69, 9.17) is 9.47 Å². The van der Waals surface area contributed by atoms with E-state index in [1.165, 1.54) is 10.6 Å². The molecule has 0 aliphatic carbocycles. The molecular formula is C24H25BrN2O5S. The van der Waals surface area contributed by atoms with E-state index in [0.29, 0.717) is 29.3 Å². The van der Waals surface area contributed by atoms with Crippen molar-refractivity contribution >= 4 is 37.5 Å². The second kappa shape index (κ2) is 10.7. The fraction of sp³-hybridized carbons (Fsp3) is 0.208. The monoisotopic (exact) mass is 532 g/mol. The molecule has 0 heterocycles. The Kier molecular flexibility index (Phi) is 7.99. The molecule has 3 aromatic rings. The molecule has 1 amide bonds. The van der Waals surface area contributed by atoms with Crippen molar-refractivity contribution in [3.63, 3.8) is 0 Å². The van der Waals surface area contributed by atoms with Gasteiger partial charge in [-0.3, -0.25) is 9.10 Å². The number of hydrogen-bond donors (Lipinski definition) is 1. The van der Waals surface area contributed by atoms with Gasteiger partial charge in [-0.2, -0.15) is 0 Å². The molecule has 9 heteroatoms. The van der Waals surface area contributed by atoms with Crippen molar-refractivity contribution in [1.29, 1.82) is 0 Å². The summed E-state index contributed by atoms with van der Waals surface area (Å²) in [6.45, 7) is 0.486. The summed E-state index contributed by atoms with van der Waals surface area (Å²) in [5, 5.41) is 2.87. The Bertz CT molecular complexity index is 1210. The van der Waals surface area contributed by atoms with Crippen molar-refractivity contribution in [3.8, 4) is 11.5 Å². The van der Waals surface area contributed by atoms with Crippen LogP contribution in [0.3, 0.4) is 0 Å². The summed E-state index contributed by atoms with van der Waals surface area (Å²) in [6.07, 6.45) is 1.17. The number of ether oxygens (including phenoxy) is 2. The molecule has 0 spiro atoms. The highest BCUT2D eigenvalue weighted by Gasteiger charge is 2.18. The van der Waals surface area contributed by atoms with Crippen LogP contribution in [0.1, 0.15) is 21.5 Å². The first-order valence-electron chi connectivity index (χ1n) is 10.0. The van der Waals surface area contributed by atoms with Gasteiger partial charge in [-0.25, -0.2) is 8.42 Å². The zero-order chi connectivity index (χ0) is 24.0. The standard InChI is InChI=1S/C24H25BrN2O5S/c1-31-22-13-6-18(14-23(22)32-2)15-26-24(28)19-7-4-17(5-8-19)16-27(33(3,29)30)21-11-9-20(25)10-12-21/h4-14H,15-16H2,1-3H3,(H,26,28). The second-order valence-electron chi connectivity index (χ2n) is 7.31. The van der Waals surface area contributed by atoms with Crippen molar-refractivity contribution in [2.45, 2.75) is 13.1 Å². The van der Waals surface area contributed by atoms with E-state index in [1.807, 2.05) is 12.1 Å².